The topological polar surface area (TPSA) is 67.8 Å². The predicted octanol–water partition coefficient (Wildman–Crippen LogP) is 3.02. The molecule has 0 aliphatic rings. The third kappa shape index (κ3) is 3.77. The van der Waals surface area contributed by atoms with Gasteiger partial charge in [0.1, 0.15) is 5.84 Å². The molecule has 0 aromatic heterocycles. The van der Waals surface area contributed by atoms with E-state index in [-0.39, 0.29) is 18.2 Å². The molecule has 0 saturated heterocycles. The number of nitrogens with two attached hydrogens (primary N) is 1. The Labute approximate surface area is 110 Å². The second kappa shape index (κ2) is 5.91. The Hall–Kier alpha value is -1.49. The number of hydrogen-bond donors (Lipinski definition) is 2. The van der Waals surface area contributed by atoms with Gasteiger partial charge in [-0.15, -0.1) is 0 Å². The summed E-state index contributed by atoms with van der Waals surface area (Å²) in [6, 6.07) is 4.20. The fourth-order valence-electron chi connectivity index (χ4n) is 1.27. The summed E-state index contributed by atoms with van der Waals surface area (Å²) in [5.41, 5.74) is 5.02. The van der Waals surface area contributed by atoms with Gasteiger partial charge >= 0.3 is 0 Å². The highest BCUT2D eigenvalue weighted by Crippen LogP contribution is 2.24. The van der Waals surface area contributed by atoms with Gasteiger partial charge in [-0.05, 0) is 24.6 Å². The first kappa shape index (κ1) is 14.6. The SMILES string of the molecule is CC(C)(CCOc1ccc(Cl)cc1F)/C(N)=N/O. The van der Waals surface area contributed by atoms with E-state index in [0.717, 1.165) is 0 Å². The third-order valence-electron chi connectivity index (χ3n) is 2.68. The molecule has 0 fully saturated rings. The largest absolute Gasteiger partial charge is 0.490 e. The zero-order valence-corrected chi connectivity index (χ0v) is 11.0. The van der Waals surface area contributed by atoms with Crippen LogP contribution in [0.5, 0.6) is 5.75 Å². The van der Waals surface area contributed by atoms with Crippen LogP contribution in [0.25, 0.3) is 0 Å². The van der Waals surface area contributed by atoms with Crippen LogP contribution in [0.4, 0.5) is 4.39 Å². The fraction of sp³-hybridized carbons (Fsp3) is 0.417. The van der Waals surface area contributed by atoms with Gasteiger partial charge in [0.25, 0.3) is 0 Å². The Kier molecular flexibility index (Phi) is 4.78. The van der Waals surface area contributed by atoms with Crippen molar-refractivity contribution in [2.45, 2.75) is 20.3 Å². The highest BCUT2D eigenvalue weighted by molar-refractivity contribution is 6.30. The monoisotopic (exact) mass is 274 g/mol. The van der Waals surface area contributed by atoms with Crippen LogP contribution in [-0.4, -0.2) is 17.6 Å². The van der Waals surface area contributed by atoms with E-state index in [0.29, 0.717) is 11.4 Å². The number of hydrogen-bond acceptors (Lipinski definition) is 3. The molecule has 100 valence electrons. The lowest BCUT2D eigenvalue weighted by molar-refractivity contribution is 0.251. The van der Waals surface area contributed by atoms with Crippen LogP contribution < -0.4 is 10.5 Å². The molecule has 0 spiro atoms. The molecule has 3 N–H and O–H groups in total. The minimum absolute atomic E-state index is 0.114. The molecule has 0 heterocycles. The van der Waals surface area contributed by atoms with E-state index in [1.807, 2.05) is 13.8 Å². The van der Waals surface area contributed by atoms with Crippen molar-refractivity contribution in [1.82, 2.24) is 0 Å². The number of rotatable bonds is 5. The van der Waals surface area contributed by atoms with Gasteiger partial charge in [0.05, 0.1) is 6.61 Å². The van der Waals surface area contributed by atoms with Crippen LogP contribution in [-0.2, 0) is 0 Å². The number of benzene rings is 1. The molecular weight excluding hydrogens is 259 g/mol. The maximum atomic E-state index is 13.4. The molecule has 0 saturated carbocycles. The van der Waals surface area contributed by atoms with Gasteiger partial charge in [0, 0.05) is 10.4 Å². The van der Waals surface area contributed by atoms with Crippen molar-refractivity contribution in [3.05, 3.63) is 29.0 Å². The molecule has 0 bridgehead atoms. The molecule has 18 heavy (non-hydrogen) atoms. The lowest BCUT2D eigenvalue weighted by atomic mass is 9.88. The second-order valence-corrected chi connectivity index (χ2v) is 4.98. The van der Waals surface area contributed by atoms with Gasteiger partial charge in [-0.25, -0.2) is 4.39 Å². The summed E-state index contributed by atoms with van der Waals surface area (Å²) in [6.45, 7) is 3.87. The van der Waals surface area contributed by atoms with Crippen molar-refractivity contribution in [2.75, 3.05) is 6.61 Å². The van der Waals surface area contributed by atoms with Crippen molar-refractivity contribution < 1.29 is 14.3 Å². The summed E-state index contributed by atoms with van der Waals surface area (Å²) in [6.07, 6.45) is 0.491. The van der Waals surface area contributed by atoms with E-state index in [2.05, 4.69) is 5.16 Å². The Morgan fingerprint density at radius 1 is 1.56 bits per heavy atom. The van der Waals surface area contributed by atoms with Crippen molar-refractivity contribution in [3.8, 4) is 5.75 Å². The maximum Gasteiger partial charge on any atom is 0.166 e. The van der Waals surface area contributed by atoms with Gasteiger partial charge in [-0.3, -0.25) is 0 Å². The average Bonchev–Trinajstić information content (AvgIpc) is 2.30. The lowest BCUT2D eigenvalue weighted by Crippen LogP contribution is -2.33. The van der Waals surface area contributed by atoms with Crippen LogP contribution in [0, 0.1) is 11.2 Å². The summed E-state index contributed by atoms with van der Waals surface area (Å²) in [5, 5.41) is 11.9. The zero-order chi connectivity index (χ0) is 13.8. The minimum Gasteiger partial charge on any atom is -0.490 e. The summed E-state index contributed by atoms with van der Waals surface area (Å²) in [7, 11) is 0. The Bertz CT molecular complexity index is 450. The van der Waals surface area contributed by atoms with Crippen LogP contribution in [0.2, 0.25) is 5.02 Å². The summed E-state index contributed by atoms with van der Waals surface area (Å²) >= 11 is 5.63. The number of ether oxygens (including phenoxy) is 1. The third-order valence-corrected chi connectivity index (χ3v) is 2.91. The molecule has 6 heteroatoms. The van der Waals surface area contributed by atoms with Gasteiger partial charge in [0.2, 0.25) is 0 Å². The average molecular weight is 275 g/mol. The molecule has 1 rings (SSSR count). The van der Waals surface area contributed by atoms with Crippen molar-refractivity contribution >= 4 is 17.4 Å². The smallest absolute Gasteiger partial charge is 0.166 e. The van der Waals surface area contributed by atoms with Crippen LogP contribution in [0.1, 0.15) is 20.3 Å². The van der Waals surface area contributed by atoms with Crippen molar-refractivity contribution in [2.24, 2.45) is 16.3 Å². The van der Waals surface area contributed by atoms with Gasteiger partial charge < -0.3 is 15.7 Å². The predicted molar refractivity (Wildman–Crippen MR) is 68.7 cm³/mol. The van der Waals surface area contributed by atoms with E-state index < -0.39 is 11.2 Å². The van der Waals surface area contributed by atoms with Crippen molar-refractivity contribution in [3.63, 3.8) is 0 Å². The van der Waals surface area contributed by atoms with Crippen molar-refractivity contribution in [1.29, 1.82) is 0 Å². The van der Waals surface area contributed by atoms with Crippen LogP contribution in [0.15, 0.2) is 23.4 Å². The zero-order valence-electron chi connectivity index (χ0n) is 10.3. The fourth-order valence-corrected chi connectivity index (χ4v) is 1.43. The Morgan fingerprint density at radius 3 is 2.78 bits per heavy atom. The minimum atomic E-state index is -0.516. The first-order valence-electron chi connectivity index (χ1n) is 5.42. The normalized spacial score (nSPS) is 12.6. The van der Waals surface area contributed by atoms with E-state index >= 15 is 0 Å². The number of oxime groups is 1. The molecule has 0 aliphatic carbocycles. The number of halogens is 2. The molecule has 1 aromatic carbocycles. The standard InChI is InChI=1S/C12H16ClFN2O2/c1-12(2,11(15)16-17)5-6-18-10-4-3-8(13)7-9(10)14/h3-4,7,17H,5-6H2,1-2H3,(H2,15,16). The van der Waals surface area contributed by atoms with Crippen LogP contribution >= 0.6 is 11.6 Å². The molecule has 1 aromatic rings. The van der Waals surface area contributed by atoms with Gasteiger partial charge in [-0.2, -0.15) is 0 Å². The summed E-state index contributed by atoms with van der Waals surface area (Å²) in [5.74, 6) is -0.263. The van der Waals surface area contributed by atoms with E-state index in [1.54, 1.807) is 6.07 Å². The molecule has 0 unspecified atom stereocenters. The van der Waals surface area contributed by atoms with E-state index in [4.69, 9.17) is 27.3 Å². The first-order chi connectivity index (χ1) is 8.36. The van der Waals surface area contributed by atoms with E-state index in [9.17, 15) is 4.39 Å². The molecule has 0 atom stereocenters. The molecule has 0 amide bonds. The molecular formula is C12H16ClFN2O2. The summed E-state index contributed by atoms with van der Waals surface area (Å²) < 4.78 is 18.7. The number of nitrogens with zero attached hydrogens (tertiary/aromatic N) is 1. The molecule has 0 aliphatic heterocycles. The molecule has 4 nitrogen and oxygen atoms in total. The van der Waals surface area contributed by atoms with E-state index in [1.165, 1.54) is 12.1 Å². The number of amidine groups is 1. The Balaban J connectivity index is 2.57. The Morgan fingerprint density at radius 2 is 2.22 bits per heavy atom. The second-order valence-electron chi connectivity index (χ2n) is 4.54. The first-order valence-corrected chi connectivity index (χ1v) is 5.80. The lowest BCUT2D eigenvalue weighted by Gasteiger charge is -2.22. The van der Waals surface area contributed by atoms with Gasteiger partial charge in [-0.1, -0.05) is 30.6 Å². The maximum absolute atomic E-state index is 13.4. The van der Waals surface area contributed by atoms with Gasteiger partial charge in [0.15, 0.2) is 11.6 Å². The molecule has 0 radical (unpaired) electrons. The highest BCUT2D eigenvalue weighted by Gasteiger charge is 2.23. The van der Waals surface area contributed by atoms with Crippen LogP contribution in [0.3, 0.4) is 0 Å². The summed E-state index contributed by atoms with van der Waals surface area (Å²) in [4.78, 5) is 0. The quantitative estimate of drug-likeness (QED) is 0.375. The highest BCUT2D eigenvalue weighted by atomic mass is 35.5.